The lowest BCUT2D eigenvalue weighted by Crippen LogP contribution is -1.92. The van der Waals surface area contributed by atoms with Crippen molar-refractivity contribution >= 4 is 23.8 Å². The number of carbonyl (C=O) groups excluding carboxylic acids is 1. The normalized spacial score (nSPS) is 10.2. The van der Waals surface area contributed by atoms with Crippen molar-refractivity contribution in [1.82, 2.24) is 0 Å². The summed E-state index contributed by atoms with van der Waals surface area (Å²) < 4.78 is 10.1. The Balaban J connectivity index is 2.27. The summed E-state index contributed by atoms with van der Waals surface area (Å²) in [5.74, 6) is 1.05. The summed E-state index contributed by atoms with van der Waals surface area (Å²) in [4.78, 5) is 10.1. The first-order valence-corrected chi connectivity index (χ1v) is 5.28. The SMILES string of the molecule is Nc1cc(-c2ccc(Cl)cc2)oc1COC=O. The molecule has 1 aromatic heterocycles. The molecule has 5 heteroatoms. The number of benzene rings is 1. The van der Waals surface area contributed by atoms with Crippen molar-refractivity contribution in [1.29, 1.82) is 0 Å². The van der Waals surface area contributed by atoms with Crippen LogP contribution in [0.25, 0.3) is 11.3 Å². The maximum atomic E-state index is 10.1. The van der Waals surface area contributed by atoms with Crippen LogP contribution in [0.1, 0.15) is 5.76 Å². The van der Waals surface area contributed by atoms with Gasteiger partial charge in [0.1, 0.15) is 5.76 Å². The minimum Gasteiger partial charge on any atom is -0.460 e. The standard InChI is InChI=1S/C12H10ClNO3/c13-9-3-1-8(2-4-9)11-5-10(14)12(17-11)6-16-7-15/h1-5,7H,6,14H2. The summed E-state index contributed by atoms with van der Waals surface area (Å²) in [5, 5.41) is 0.651. The number of halogens is 1. The van der Waals surface area contributed by atoms with Crippen LogP contribution in [-0.4, -0.2) is 6.47 Å². The number of carbonyl (C=O) groups is 1. The average Bonchev–Trinajstić information content (AvgIpc) is 2.69. The molecule has 0 spiro atoms. The van der Waals surface area contributed by atoms with Gasteiger partial charge in [-0.1, -0.05) is 11.6 Å². The predicted molar refractivity (Wildman–Crippen MR) is 64.4 cm³/mol. The van der Waals surface area contributed by atoms with Crippen molar-refractivity contribution < 1.29 is 13.9 Å². The smallest absolute Gasteiger partial charge is 0.293 e. The van der Waals surface area contributed by atoms with Gasteiger partial charge in [-0.2, -0.15) is 0 Å². The van der Waals surface area contributed by atoms with Gasteiger partial charge >= 0.3 is 0 Å². The third-order valence-electron chi connectivity index (χ3n) is 2.25. The highest BCUT2D eigenvalue weighted by Gasteiger charge is 2.10. The van der Waals surface area contributed by atoms with E-state index in [9.17, 15) is 4.79 Å². The number of furan rings is 1. The Morgan fingerprint density at radius 1 is 1.35 bits per heavy atom. The van der Waals surface area contributed by atoms with Gasteiger partial charge in [0.2, 0.25) is 0 Å². The van der Waals surface area contributed by atoms with Crippen molar-refractivity contribution in [3.05, 3.63) is 41.1 Å². The Kier molecular flexibility index (Phi) is 3.35. The molecule has 0 aliphatic carbocycles. The highest BCUT2D eigenvalue weighted by Crippen LogP contribution is 2.28. The van der Waals surface area contributed by atoms with E-state index in [1.165, 1.54) is 0 Å². The van der Waals surface area contributed by atoms with E-state index in [1.807, 2.05) is 12.1 Å². The summed E-state index contributed by atoms with van der Waals surface area (Å²) in [5.41, 5.74) is 7.05. The Bertz CT molecular complexity index is 519. The van der Waals surface area contributed by atoms with Gasteiger partial charge < -0.3 is 14.9 Å². The predicted octanol–water partition coefficient (Wildman–Crippen LogP) is 2.86. The molecule has 2 aromatic rings. The summed E-state index contributed by atoms with van der Waals surface area (Å²) in [6, 6.07) is 8.86. The van der Waals surface area contributed by atoms with Gasteiger partial charge in [-0.3, -0.25) is 4.79 Å². The molecule has 0 bridgehead atoms. The van der Waals surface area contributed by atoms with Crippen LogP contribution in [0.2, 0.25) is 5.02 Å². The molecule has 0 saturated carbocycles. The second-order valence-corrected chi connectivity index (χ2v) is 3.84. The lowest BCUT2D eigenvalue weighted by molar-refractivity contribution is -0.130. The van der Waals surface area contributed by atoms with Gasteiger partial charge in [0.05, 0.1) is 5.69 Å². The molecule has 4 nitrogen and oxygen atoms in total. The van der Waals surface area contributed by atoms with Gasteiger partial charge in [-0.25, -0.2) is 0 Å². The van der Waals surface area contributed by atoms with Crippen LogP contribution in [0.15, 0.2) is 34.7 Å². The molecule has 0 saturated heterocycles. The number of anilines is 1. The average molecular weight is 252 g/mol. The fourth-order valence-electron chi connectivity index (χ4n) is 1.42. The van der Waals surface area contributed by atoms with Gasteiger partial charge in [-0.05, 0) is 24.3 Å². The molecular formula is C12H10ClNO3. The Morgan fingerprint density at radius 3 is 2.71 bits per heavy atom. The van der Waals surface area contributed by atoms with E-state index in [0.29, 0.717) is 28.7 Å². The van der Waals surface area contributed by atoms with Crippen molar-refractivity contribution in [3.8, 4) is 11.3 Å². The third kappa shape index (κ3) is 2.60. The van der Waals surface area contributed by atoms with Crippen molar-refractivity contribution in [2.24, 2.45) is 0 Å². The molecule has 2 N–H and O–H groups in total. The Hall–Kier alpha value is -1.94. The van der Waals surface area contributed by atoms with Crippen LogP contribution in [0, 0.1) is 0 Å². The molecule has 0 aliphatic rings. The van der Waals surface area contributed by atoms with E-state index in [1.54, 1.807) is 18.2 Å². The molecule has 1 aromatic carbocycles. The monoisotopic (exact) mass is 251 g/mol. The maximum absolute atomic E-state index is 10.1. The van der Waals surface area contributed by atoms with E-state index in [0.717, 1.165) is 5.56 Å². The van der Waals surface area contributed by atoms with Crippen LogP contribution < -0.4 is 5.73 Å². The molecule has 17 heavy (non-hydrogen) atoms. The topological polar surface area (TPSA) is 65.5 Å². The molecule has 0 radical (unpaired) electrons. The van der Waals surface area contributed by atoms with Crippen LogP contribution in [0.3, 0.4) is 0 Å². The number of ether oxygens (including phenoxy) is 1. The van der Waals surface area contributed by atoms with Gasteiger partial charge in [0.15, 0.2) is 12.4 Å². The Labute approximate surface area is 103 Å². The zero-order chi connectivity index (χ0) is 12.3. The number of rotatable bonds is 4. The Morgan fingerprint density at radius 2 is 2.06 bits per heavy atom. The molecule has 0 fully saturated rings. The fourth-order valence-corrected chi connectivity index (χ4v) is 1.55. The highest BCUT2D eigenvalue weighted by molar-refractivity contribution is 6.30. The van der Waals surface area contributed by atoms with Crippen LogP contribution in [-0.2, 0) is 16.1 Å². The molecule has 2 rings (SSSR count). The van der Waals surface area contributed by atoms with E-state index >= 15 is 0 Å². The first kappa shape index (κ1) is 11.5. The second kappa shape index (κ2) is 4.93. The number of hydrogen-bond donors (Lipinski definition) is 1. The van der Waals surface area contributed by atoms with E-state index in [2.05, 4.69) is 4.74 Å². The molecule has 88 valence electrons. The minimum atomic E-state index is 0.0307. The lowest BCUT2D eigenvalue weighted by atomic mass is 10.2. The molecular weight excluding hydrogens is 242 g/mol. The summed E-state index contributed by atoms with van der Waals surface area (Å²) in [7, 11) is 0. The van der Waals surface area contributed by atoms with Crippen molar-refractivity contribution in [2.75, 3.05) is 5.73 Å². The molecule has 0 unspecified atom stereocenters. The van der Waals surface area contributed by atoms with E-state index in [4.69, 9.17) is 21.8 Å². The van der Waals surface area contributed by atoms with Crippen LogP contribution in [0.5, 0.6) is 0 Å². The largest absolute Gasteiger partial charge is 0.460 e. The van der Waals surface area contributed by atoms with Gasteiger partial charge in [0, 0.05) is 16.7 Å². The van der Waals surface area contributed by atoms with Crippen LogP contribution in [0.4, 0.5) is 5.69 Å². The van der Waals surface area contributed by atoms with Gasteiger partial charge in [0.25, 0.3) is 6.47 Å². The molecule has 0 amide bonds. The second-order valence-electron chi connectivity index (χ2n) is 3.40. The molecule has 0 atom stereocenters. The van der Waals surface area contributed by atoms with E-state index in [-0.39, 0.29) is 6.61 Å². The summed E-state index contributed by atoms with van der Waals surface area (Å²) in [6.07, 6.45) is 0. The first-order valence-electron chi connectivity index (χ1n) is 4.90. The van der Waals surface area contributed by atoms with Gasteiger partial charge in [-0.15, -0.1) is 0 Å². The first-order chi connectivity index (χ1) is 8.20. The van der Waals surface area contributed by atoms with Crippen molar-refractivity contribution in [2.45, 2.75) is 6.61 Å². The maximum Gasteiger partial charge on any atom is 0.293 e. The number of nitrogen functional groups attached to an aromatic ring is 1. The molecule has 1 heterocycles. The minimum absolute atomic E-state index is 0.0307. The highest BCUT2D eigenvalue weighted by atomic mass is 35.5. The van der Waals surface area contributed by atoms with Crippen LogP contribution >= 0.6 is 11.6 Å². The number of hydrogen-bond acceptors (Lipinski definition) is 4. The third-order valence-corrected chi connectivity index (χ3v) is 2.50. The summed E-state index contributed by atoms with van der Waals surface area (Å²) in [6.45, 7) is 0.382. The molecule has 0 aliphatic heterocycles. The lowest BCUT2D eigenvalue weighted by Gasteiger charge is -1.97. The fraction of sp³-hybridized carbons (Fsp3) is 0.0833. The quantitative estimate of drug-likeness (QED) is 0.849. The van der Waals surface area contributed by atoms with Crippen molar-refractivity contribution in [3.63, 3.8) is 0 Å². The van der Waals surface area contributed by atoms with E-state index < -0.39 is 0 Å². The summed E-state index contributed by atoms with van der Waals surface area (Å²) >= 11 is 5.79. The zero-order valence-corrected chi connectivity index (χ0v) is 9.61. The number of nitrogens with two attached hydrogens (primary N) is 1. The zero-order valence-electron chi connectivity index (χ0n) is 8.85.